The van der Waals surface area contributed by atoms with E-state index in [0.717, 1.165) is 0 Å². The number of aromatic nitrogens is 2. The molecule has 2 heterocycles. The quantitative estimate of drug-likeness (QED) is 0.893. The van der Waals surface area contributed by atoms with Gasteiger partial charge < -0.3 is 15.2 Å². The summed E-state index contributed by atoms with van der Waals surface area (Å²) in [5.41, 5.74) is -0.485. The fourth-order valence-corrected chi connectivity index (χ4v) is 2.94. The number of hydrogen-bond donors (Lipinski definition) is 2. The third-order valence-electron chi connectivity index (χ3n) is 4.46. The number of amides is 1. The lowest BCUT2D eigenvalue weighted by molar-refractivity contribution is -0.101. The Kier molecular flexibility index (Phi) is 4.16. The summed E-state index contributed by atoms with van der Waals surface area (Å²) in [5.74, 6) is -2.66. The summed E-state index contributed by atoms with van der Waals surface area (Å²) in [7, 11) is 1.49. The molecule has 1 saturated carbocycles. The molecule has 0 radical (unpaired) electrons. The Morgan fingerprint density at radius 3 is 2.79 bits per heavy atom. The van der Waals surface area contributed by atoms with Gasteiger partial charge >= 0.3 is 0 Å². The number of halogens is 2. The molecule has 0 aromatic carbocycles. The lowest BCUT2D eigenvalue weighted by atomic mass is 9.82. The molecule has 0 atom stereocenters. The molecular weight excluding hydrogens is 320 g/mol. The number of aliphatic hydroxyl groups is 1. The summed E-state index contributed by atoms with van der Waals surface area (Å²) in [6.45, 7) is -0.0750. The average Bonchev–Trinajstić information content (AvgIpc) is 3.00. The van der Waals surface area contributed by atoms with Crippen LogP contribution in [0.2, 0.25) is 0 Å². The van der Waals surface area contributed by atoms with Crippen LogP contribution >= 0.6 is 0 Å². The number of pyridine rings is 1. The Hall–Kier alpha value is -2.22. The largest absolute Gasteiger partial charge is 0.494 e. The molecule has 6 nitrogen and oxygen atoms in total. The van der Waals surface area contributed by atoms with Gasteiger partial charge in [-0.25, -0.2) is 13.3 Å². The Balaban J connectivity index is 1.72. The molecular formula is C16H19F2N3O3. The molecule has 0 spiro atoms. The van der Waals surface area contributed by atoms with Crippen molar-refractivity contribution < 1.29 is 23.4 Å². The average molecular weight is 339 g/mol. The van der Waals surface area contributed by atoms with E-state index in [1.165, 1.54) is 17.8 Å². The van der Waals surface area contributed by atoms with Gasteiger partial charge in [0.25, 0.3) is 5.91 Å². The number of carbonyl (C=O) groups excluding carboxylic acids is 1. The number of hydrogen-bond acceptors (Lipinski definition) is 4. The van der Waals surface area contributed by atoms with Crippen LogP contribution < -0.4 is 10.1 Å². The molecule has 3 rings (SSSR count). The molecule has 1 aliphatic rings. The number of carbonyl (C=O) groups is 1. The maximum absolute atomic E-state index is 13.2. The molecule has 0 unspecified atom stereocenters. The second-order valence-corrected chi connectivity index (χ2v) is 6.19. The zero-order valence-corrected chi connectivity index (χ0v) is 13.3. The fourth-order valence-electron chi connectivity index (χ4n) is 2.94. The first kappa shape index (κ1) is 16.6. The minimum Gasteiger partial charge on any atom is -0.494 e. The number of alkyl halides is 2. The first-order valence-electron chi connectivity index (χ1n) is 7.72. The Labute approximate surface area is 137 Å². The highest BCUT2D eigenvalue weighted by molar-refractivity contribution is 6.02. The van der Waals surface area contributed by atoms with Crippen molar-refractivity contribution in [3.8, 4) is 5.75 Å². The summed E-state index contributed by atoms with van der Waals surface area (Å²) in [5, 5.41) is 17.1. The number of fused-ring (bicyclic) bond motifs is 1. The van der Waals surface area contributed by atoms with E-state index in [0.29, 0.717) is 16.8 Å². The van der Waals surface area contributed by atoms with E-state index in [1.807, 2.05) is 0 Å². The van der Waals surface area contributed by atoms with Gasteiger partial charge in [0.1, 0.15) is 11.3 Å². The molecule has 0 aliphatic heterocycles. The third kappa shape index (κ3) is 3.19. The molecule has 8 heteroatoms. The molecule has 2 N–H and O–H groups in total. The van der Waals surface area contributed by atoms with Crippen LogP contribution in [0.3, 0.4) is 0 Å². The van der Waals surface area contributed by atoms with Gasteiger partial charge in [0.15, 0.2) is 0 Å². The minimum atomic E-state index is -2.73. The van der Waals surface area contributed by atoms with Crippen molar-refractivity contribution in [1.29, 1.82) is 0 Å². The molecule has 24 heavy (non-hydrogen) atoms. The van der Waals surface area contributed by atoms with Crippen molar-refractivity contribution in [1.82, 2.24) is 14.9 Å². The highest BCUT2D eigenvalue weighted by Crippen LogP contribution is 2.38. The van der Waals surface area contributed by atoms with E-state index in [9.17, 15) is 18.7 Å². The Morgan fingerprint density at radius 2 is 2.12 bits per heavy atom. The summed E-state index contributed by atoms with van der Waals surface area (Å²) < 4.78 is 33.2. The third-order valence-corrected chi connectivity index (χ3v) is 4.46. The molecule has 2 aromatic heterocycles. The van der Waals surface area contributed by atoms with Crippen LogP contribution in [-0.4, -0.2) is 45.8 Å². The van der Waals surface area contributed by atoms with Gasteiger partial charge in [0.05, 0.1) is 24.5 Å². The van der Waals surface area contributed by atoms with Gasteiger partial charge in [-0.1, -0.05) is 0 Å². The standard InChI is InChI=1S/C16H19F2N3O3/c1-24-12-3-2-8-21-13(12)11(9-20-21)14(22)19-10-15(23)4-6-16(17,18)7-5-15/h2-3,8-9,23H,4-7,10H2,1H3,(H,19,22). The van der Waals surface area contributed by atoms with Crippen molar-refractivity contribution in [3.05, 3.63) is 30.1 Å². The van der Waals surface area contributed by atoms with E-state index >= 15 is 0 Å². The fraction of sp³-hybridized carbons (Fsp3) is 0.500. The summed E-state index contributed by atoms with van der Waals surface area (Å²) in [6, 6.07) is 3.45. The van der Waals surface area contributed by atoms with Crippen LogP contribution in [-0.2, 0) is 0 Å². The van der Waals surface area contributed by atoms with Crippen LogP contribution in [0.5, 0.6) is 5.75 Å². The monoisotopic (exact) mass is 339 g/mol. The summed E-state index contributed by atoms with van der Waals surface area (Å²) >= 11 is 0. The van der Waals surface area contributed by atoms with Crippen molar-refractivity contribution in [2.75, 3.05) is 13.7 Å². The van der Waals surface area contributed by atoms with Gasteiger partial charge in [-0.15, -0.1) is 0 Å². The number of nitrogens with zero attached hydrogens (tertiary/aromatic N) is 2. The van der Waals surface area contributed by atoms with Gasteiger partial charge in [0.2, 0.25) is 5.92 Å². The molecule has 0 bridgehead atoms. The van der Waals surface area contributed by atoms with E-state index in [4.69, 9.17) is 4.74 Å². The van der Waals surface area contributed by atoms with Crippen LogP contribution in [0.25, 0.3) is 5.52 Å². The number of nitrogens with one attached hydrogen (secondary N) is 1. The number of rotatable bonds is 4. The van der Waals surface area contributed by atoms with E-state index < -0.39 is 17.4 Å². The minimum absolute atomic E-state index is 0.0433. The highest BCUT2D eigenvalue weighted by atomic mass is 19.3. The zero-order chi connectivity index (χ0) is 17.4. The second kappa shape index (κ2) is 6.01. The van der Waals surface area contributed by atoms with Crippen LogP contribution in [0.15, 0.2) is 24.5 Å². The smallest absolute Gasteiger partial charge is 0.255 e. The van der Waals surface area contributed by atoms with Crippen LogP contribution in [0.1, 0.15) is 36.0 Å². The lowest BCUT2D eigenvalue weighted by Gasteiger charge is -2.35. The summed E-state index contributed by atoms with van der Waals surface area (Å²) in [4.78, 5) is 12.4. The zero-order valence-electron chi connectivity index (χ0n) is 13.3. The van der Waals surface area contributed by atoms with Crippen molar-refractivity contribution in [2.24, 2.45) is 0 Å². The normalized spacial score (nSPS) is 19.2. The van der Waals surface area contributed by atoms with Crippen LogP contribution in [0.4, 0.5) is 8.78 Å². The van der Waals surface area contributed by atoms with Gasteiger partial charge in [-0.3, -0.25) is 4.79 Å². The Bertz CT molecular complexity index is 750. The first-order chi connectivity index (χ1) is 11.3. The molecule has 1 aliphatic carbocycles. The highest BCUT2D eigenvalue weighted by Gasteiger charge is 2.42. The first-order valence-corrected chi connectivity index (χ1v) is 7.72. The van der Waals surface area contributed by atoms with E-state index in [2.05, 4.69) is 10.4 Å². The predicted molar refractivity (Wildman–Crippen MR) is 82.4 cm³/mol. The van der Waals surface area contributed by atoms with E-state index in [-0.39, 0.29) is 32.2 Å². The molecule has 0 saturated heterocycles. The van der Waals surface area contributed by atoms with Crippen molar-refractivity contribution in [3.63, 3.8) is 0 Å². The number of ether oxygens (including phenoxy) is 1. The topological polar surface area (TPSA) is 75.9 Å². The number of methoxy groups -OCH3 is 1. The SMILES string of the molecule is COc1cccn2ncc(C(=O)NCC3(O)CCC(F)(F)CC3)c12. The molecule has 2 aromatic rings. The summed E-state index contributed by atoms with van der Waals surface area (Å²) in [6.07, 6.45) is 2.27. The second-order valence-electron chi connectivity index (χ2n) is 6.19. The maximum Gasteiger partial charge on any atom is 0.255 e. The van der Waals surface area contributed by atoms with Gasteiger partial charge in [-0.2, -0.15) is 5.10 Å². The van der Waals surface area contributed by atoms with Crippen LogP contribution in [0, 0.1) is 0 Å². The van der Waals surface area contributed by atoms with E-state index in [1.54, 1.807) is 18.3 Å². The molecule has 130 valence electrons. The van der Waals surface area contributed by atoms with Gasteiger partial charge in [0, 0.05) is 25.6 Å². The maximum atomic E-state index is 13.2. The predicted octanol–water partition coefficient (Wildman–Crippen LogP) is 2.01. The lowest BCUT2D eigenvalue weighted by Crippen LogP contribution is -2.47. The van der Waals surface area contributed by atoms with Crippen molar-refractivity contribution in [2.45, 2.75) is 37.2 Å². The van der Waals surface area contributed by atoms with Gasteiger partial charge in [-0.05, 0) is 25.0 Å². The Morgan fingerprint density at radius 1 is 1.42 bits per heavy atom. The molecule has 1 amide bonds. The molecule has 1 fully saturated rings. The van der Waals surface area contributed by atoms with Crippen molar-refractivity contribution >= 4 is 11.4 Å².